The summed E-state index contributed by atoms with van der Waals surface area (Å²) >= 11 is 1.87. The molecule has 0 N–H and O–H groups in total. The molecule has 4 aliphatic heterocycles. The van der Waals surface area contributed by atoms with E-state index in [1.165, 1.54) is 11.1 Å². The van der Waals surface area contributed by atoms with Crippen LogP contribution in [0.15, 0.2) is 69.7 Å². The van der Waals surface area contributed by atoms with Crippen LogP contribution in [-0.2, 0) is 43.4 Å². The third-order valence-corrected chi connectivity index (χ3v) is 15.4. The topological polar surface area (TPSA) is 160 Å². The standard InChI is InChI=1S/C58H83N7O11S/c1-10-42-26-47-34-59-51-32-55(53(68-7)28-44(51)38-64(47)36-42)75-39-45-29-49(30-46(61-45)40-76-56-33-52-50(31-54(56)69-8)57(66)65-37-43(11-2)27-48(65)35-60-52)74-19-15-63(14-18-72-24-25-73-21-20-67-6)13-17-71-23-22-70-16-12-62(5)41-58(3,4)77-9/h10-11,28-35,47-48H,12-27,36-41H2,1-9H3. The SMILES string of the molecule is CC=C1CC2C=Nc3cc(OCc4cc(OCCN(CCOCCOCCOC)CCOCCOCCN(C)CC(C)(C)SC)cc(COc5cc6c(cc5OC)C(=O)N5CC(=CC)CC5C=N6)n4)c(OC)cc3CN2C1. The molecule has 2 aromatic carbocycles. The zero-order valence-corrected chi connectivity index (χ0v) is 47.8. The predicted molar refractivity (Wildman–Crippen MR) is 303 cm³/mol. The fourth-order valence-corrected chi connectivity index (χ4v) is 9.95. The lowest BCUT2D eigenvalue weighted by Crippen LogP contribution is -2.36. The third-order valence-electron chi connectivity index (χ3n) is 14.1. The summed E-state index contributed by atoms with van der Waals surface area (Å²) in [5, 5.41) is 0. The van der Waals surface area contributed by atoms with Crippen molar-refractivity contribution in [1.82, 2.24) is 24.6 Å². The van der Waals surface area contributed by atoms with E-state index in [0.29, 0.717) is 144 Å². The highest BCUT2D eigenvalue weighted by atomic mass is 32.2. The molecule has 19 heteroatoms. The summed E-state index contributed by atoms with van der Waals surface area (Å²) < 4.78 is 60.0. The van der Waals surface area contributed by atoms with E-state index in [9.17, 15) is 4.79 Å². The normalized spacial score (nSPS) is 18.2. The molecule has 1 aromatic heterocycles. The van der Waals surface area contributed by atoms with Crippen LogP contribution in [0, 0.1) is 0 Å². The number of hydrogen-bond acceptors (Lipinski definition) is 18. The highest BCUT2D eigenvalue weighted by Gasteiger charge is 2.35. The molecule has 0 saturated carbocycles. The second-order valence-corrected chi connectivity index (χ2v) is 21.7. The van der Waals surface area contributed by atoms with E-state index in [4.69, 9.17) is 62.3 Å². The molecule has 0 bridgehead atoms. The molecular weight excluding hydrogens is 1000 g/mol. The van der Waals surface area contributed by atoms with Crippen molar-refractivity contribution in [2.75, 3.05) is 147 Å². The molecule has 2 atom stereocenters. The van der Waals surface area contributed by atoms with Gasteiger partial charge in [0.15, 0.2) is 23.0 Å². The van der Waals surface area contributed by atoms with Crippen LogP contribution in [0.3, 0.4) is 0 Å². The van der Waals surface area contributed by atoms with Crippen LogP contribution in [0.2, 0.25) is 0 Å². The Hall–Kier alpha value is -5.09. The predicted octanol–water partition coefficient (Wildman–Crippen LogP) is 7.84. The van der Waals surface area contributed by atoms with E-state index in [1.807, 2.05) is 60.3 Å². The Morgan fingerprint density at radius 3 is 1.84 bits per heavy atom. The van der Waals surface area contributed by atoms with Crippen molar-refractivity contribution >= 4 is 41.5 Å². The smallest absolute Gasteiger partial charge is 0.257 e. The first-order chi connectivity index (χ1) is 37.4. The van der Waals surface area contributed by atoms with E-state index in [1.54, 1.807) is 33.5 Å². The van der Waals surface area contributed by atoms with Gasteiger partial charge in [-0.3, -0.25) is 29.6 Å². The Balaban J connectivity index is 1.03. The number of rotatable bonds is 33. The van der Waals surface area contributed by atoms with Crippen molar-refractivity contribution in [1.29, 1.82) is 0 Å². The molecule has 0 radical (unpaired) electrons. The van der Waals surface area contributed by atoms with E-state index < -0.39 is 0 Å². The maximum absolute atomic E-state index is 13.8. The summed E-state index contributed by atoms with van der Waals surface area (Å²) in [5.74, 6) is 2.54. The lowest BCUT2D eigenvalue weighted by Gasteiger charge is -2.28. The van der Waals surface area contributed by atoms with Gasteiger partial charge >= 0.3 is 0 Å². The molecule has 77 heavy (non-hydrogen) atoms. The Morgan fingerprint density at radius 2 is 1.21 bits per heavy atom. The molecule has 3 aromatic rings. The average Bonchev–Trinajstić information content (AvgIpc) is 3.97. The number of benzene rings is 2. The van der Waals surface area contributed by atoms with Crippen molar-refractivity contribution < 1.29 is 52.2 Å². The average molecular weight is 1090 g/mol. The molecule has 2 unspecified atom stereocenters. The van der Waals surface area contributed by atoms with Crippen molar-refractivity contribution in [2.24, 2.45) is 9.98 Å². The third kappa shape index (κ3) is 17.7. The van der Waals surface area contributed by atoms with Crippen LogP contribution in [0.4, 0.5) is 11.4 Å². The van der Waals surface area contributed by atoms with Gasteiger partial charge in [-0.05, 0) is 71.5 Å². The zero-order chi connectivity index (χ0) is 54.6. The number of amides is 1. The number of carbonyl (C=O) groups excluding carboxylic acids is 1. The summed E-state index contributed by atoms with van der Waals surface area (Å²) in [6.45, 7) is 20.0. The summed E-state index contributed by atoms with van der Waals surface area (Å²) in [7, 11) is 7.01. The molecule has 0 spiro atoms. The largest absolute Gasteiger partial charge is 0.493 e. The van der Waals surface area contributed by atoms with Gasteiger partial charge in [0.05, 0.1) is 108 Å². The van der Waals surface area contributed by atoms with Gasteiger partial charge < -0.3 is 57.2 Å². The van der Waals surface area contributed by atoms with Gasteiger partial charge in [0, 0.05) is 107 Å². The second kappa shape index (κ2) is 30.3. The number of fused-ring (bicyclic) bond motifs is 4. The Labute approximate surface area is 461 Å². The number of pyridine rings is 1. The second-order valence-electron chi connectivity index (χ2n) is 20.2. The van der Waals surface area contributed by atoms with Gasteiger partial charge in [-0.15, -0.1) is 0 Å². The summed E-state index contributed by atoms with van der Waals surface area (Å²) in [6.07, 6.45) is 12.1. The van der Waals surface area contributed by atoms with Crippen molar-refractivity contribution in [3.8, 4) is 28.7 Å². The molecule has 422 valence electrons. The van der Waals surface area contributed by atoms with Gasteiger partial charge in [0.2, 0.25) is 0 Å². The first kappa shape index (κ1) is 59.6. The van der Waals surface area contributed by atoms with Crippen molar-refractivity contribution in [3.05, 3.63) is 82.2 Å². The maximum Gasteiger partial charge on any atom is 0.257 e. The Kier molecular flexibility index (Phi) is 23.5. The minimum absolute atomic E-state index is 0.0620. The number of nitrogens with zero attached hydrogens (tertiary/aromatic N) is 7. The summed E-state index contributed by atoms with van der Waals surface area (Å²) in [4.78, 5) is 37.4. The minimum atomic E-state index is -0.104. The Bertz CT molecular complexity index is 2510. The molecule has 2 fully saturated rings. The van der Waals surface area contributed by atoms with Gasteiger partial charge in [-0.25, -0.2) is 0 Å². The van der Waals surface area contributed by atoms with E-state index in [2.05, 4.69) is 60.9 Å². The lowest BCUT2D eigenvalue weighted by atomic mass is 10.1. The first-order valence-electron chi connectivity index (χ1n) is 26.9. The molecule has 5 heterocycles. The molecule has 1 amide bonds. The van der Waals surface area contributed by atoms with Crippen LogP contribution in [0.25, 0.3) is 0 Å². The van der Waals surface area contributed by atoms with Crippen LogP contribution >= 0.6 is 11.8 Å². The fourth-order valence-electron chi connectivity index (χ4n) is 9.60. The van der Waals surface area contributed by atoms with Gasteiger partial charge in [0.25, 0.3) is 5.91 Å². The first-order valence-corrected chi connectivity index (χ1v) is 28.1. The minimum Gasteiger partial charge on any atom is -0.493 e. The molecule has 7 rings (SSSR count). The number of ether oxygens (including phenoxy) is 10. The monoisotopic (exact) mass is 1090 g/mol. The van der Waals surface area contributed by atoms with Crippen LogP contribution in [0.5, 0.6) is 28.7 Å². The number of allylic oxidation sites excluding steroid dienone is 2. The van der Waals surface area contributed by atoms with Crippen LogP contribution < -0.4 is 23.7 Å². The van der Waals surface area contributed by atoms with Crippen LogP contribution in [0.1, 0.15) is 67.8 Å². The number of likely N-dealkylation sites (N-methyl/N-ethyl adjacent to an activating group) is 1. The number of aromatic nitrogens is 1. The highest BCUT2D eigenvalue weighted by Crippen LogP contribution is 2.41. The molecule has 2 saturated heterocycles. The van der Waals surface area contributed by atoms with Crippen molar-refractivity contribution in [2.45, 2.75) is 77.1 Å². The number of hydrogen-bond donors (Lipinski definition) is 0. The van der Waals surface area contributed by atoms with E-state index in [0.717, 1.165) is 50.3 Å². The number of methoxy groups -OCH3 is 3. The fraction of sp³-hybridized carbons (Fsp3) is 0.586. The van der Waals surface area contributed by atoms with Crippen LogP contribution in [-0.4, -0.2) is 206 Å². The zero-order valence-electron chi connectivity index (χ0n) is 47.0. The number of aliphatic imine (C=N–C) groups is 2. The number of carbonyl (C=O) groups is 1. The highest BCUT2D eigenvalue weighted by molar-refractivity contribution is 7.99. The Morgan fingerprint density at radius 1 is 0.649 bits per heavy atom. The van der Waals surface area contributed by atoms with E-state index >= 15 is 0 Å². The van der Waals surface area contributed by atoms with Gasteiger partial charge in [-0.1, -0.05) is 23.3 Å². The van der Waals surface area contributed by atoms with E-state index in [-0.39, 0.29) is 36.0 Å². The molecule has 4 aliphatic rings. The number of thioether (sulfide) groups is 1. The molecular formula is C58H83N7O11S. The molecule has 0 aliphatic carbocycles. The maximum atomic E-state index is 13.8. The quantitative estimate of drug-likeness (QED) is 0.0429. The summed E-state index contributed by atoms with van der Waals surface area (Å²) in [6, 6.07) is 11.4. The van der Waals surface area contributed by atoms with Gasteiger partial charge in [-0.2, -0.15) is 11.8 Å². The van der Waals surface area contributed by atoms with Gasteiger partial charge in [0.1, 0.15) is 25.6 Å². The summed E-state index contributed by atoms with van der Waals surface area (Å²) in [5.41, 5.74) is 6.79. The van der Waals surface area contributed by atoms with Crippen molar-refractivity contribution in [3.63, 3.8) is 0 Å². The lowest BCUT2D eigenvalue weighted by molar-refractivity contribution is 0.0116. The molecule has 18 nitrogen and oxygen atoms in total.